The molecule has 0 amide bonds. The standard InChI is InChI=1S/C20H17NO2/c1-2-13(20(22)23)10-15-7-5-8-16-11-14-6-3-4-9-17(14)18(12-21)19(15)16/h3-12,21H,2H2,1H3,(H,22,23). The molecule has 0 saturated heterocycles. The van der Waals surface area contributed by atoms with Crippen molar-refractivity contribution in [3.8, 4) is 0 Å². The molecule has 0 saturated carbocycles. The normalized spacial score (nSPS) is 11.8. The number of carboxylic acid groups (broad SMARTS) is 1. The number of fused-ring (bicyclic) bond motifs is 2. The van der Waals surface area contributed by atoms with Crippen LogP contribution in [0.15, 0.2) is 54.1 Å². The van der Waals surface area contributed by atoms with Gasteiger partial charge in [-0.3, -0.25) is 0 Å². The maximum absolute atomic E-state index is 11.3. The number of carboxylic acids is 1. The second-order valence-corrected chi connectivity index (χ2v) is 5.43. The summed E-state index contributed by atoms with van der Waals surface area (Å²) in [5.74, 6) is -0.901. The summed E-state index contributed by atoms with van der Waals surface area (Å²) in [6.45, 7) is 1.83. The first-order valence-electron chi connectivity index (χ1n) is 7.54. The Morgan fingerprint density at radius 3 is 2.57 bits per heavy atom. The van der Waals surface area contributed by atoms with E-state index in [-0.39, 0.29) is 0 Å². The summed E-state index contributed by atoms with van der Waals surface area (Å²) in [6, 6.07) is 15.9. The van der Waals surface area contributed by atoms with E-state index in [4.69, 9.17) is 5.41 Å². The highest BCUT2D eigenvalue weighted by Crippen LogP contribution is 2.31. The lowest BCUT2D eigenvalue weighted by atomic mass is 9.93. The van der Waals surface area contributed by atoms with Gasteiger partial charge in [0.25, 0.3) is 0 Å². The van der Waals surface area contributed by atoms with Crippen molar-refractivity contribution in [1.29, 1.82) is 5.41 Å². The number of nitrogens with one attached hydrogen (secondary N) is 1. The van der Waals surface area contributed by atoms with Gasteiger partial charge in [0.05, 0.1) is 0 Å². The fourth-order valence-corrected chi connectivity index (χ4v) is 2.96. The Morgan fingerprint density at radius 1 is 1.13 bits per heavy atom. The third-order valence-corrected chi connectivity index (χ3v) is 4.09. The molecule has 3 heteroatoms. The van der Waals surface area contributed by atoms with E-state index < -0.39 is 5.97 Å². The van der Waals surface area contributed by atoms with E-state index in [0.29, 0.717) is 12.0 Å². The zero-order valence-corrected chi connectivity index (χ0v) is 12.8. The zero-order valence-electron chi connectivity index (χ0n) is 12.8. The summed E-state index contributed by atoms with van der Waals surface area (Å²) < 4.78 is 0. The molecule has 0 unspecified atom stereocenters. The highest BCUT2D eigenvalue weighted by molar-refractivity contribution is 6.15. The molecule has 0 radical (unpaired) electrons. The average Bonchev–Trinajstić information content (AvgIpc) is 2.57. The van der Waals surface area contributed by atoms with Gasteiger partial charge in [-0.05, 0) is 45.7 Å². The topological polar surface area (TPSA) is 61.2 Å². The Balaban J connectivity index is 2.43. The number of carbonyl (C=O) groups is 1. The van der Waals surface area contributed by atoms with Gasteiger partial charge in [0.15, 0.2) is 0 Å². The van der Waals surface area contributed by atoms with Crippen molar-refractivity contribution in [3.05, 3.63) is 65.2 Å². The van der Waals surface area contributed by atoms with Crippen LogP contribution >= 0.6 is 0 Å². The predicted molar refractivity (Wildman–Crippen MR) is 95.2 cm³/mol. The summed E-state index contributed by atoms with van der Waals surface area (Å²) in [7, 11) is 0. The maximum atomic E-state index is 11.3. The highest BCUT2D eigenvalue weighted by Gasteiger charge is 2.11. The third kappa shape index (κ3) is 2.61. The van der Waals surface area contributed by atoms with Crippen molar-refractivity contribution in [2.75, 3.05) is 0 Å². The van der Waals surface area contributed by atoms with E-state index in [0.717, 1.165) is 32.7 Å². The lowest BCUT2D eigenvalue weighted by molar-refractivity contribution is -0.132. The van der Waals surface area contributed by atoms with Crippen molar-refractivity contribution < 1.29 is 9.90 Å². The lowest BCUT2D eigenvalue weighted by Gasteiger charge is -2.11. The van der Waals surface area contributed by atoms with E-state index in [1.807, 2.05) is 49.4 Å². The molecular weight excluding hydrogens is 286 g/mol. The minimum absolute atomic E-state index is 0.363. The van der Waals surface area contributed by atoms with Gasteiger partial charge < -0.3 is 10.5 Å². The Kier molecular flexibility index (Phi) is 3.94. The first kappa shape index (κ1) is 15.0. The molecule has 0 aliphatic heterocycles. The van der Waals surface area contributed by atoms with Gasteiger partial charge in [-0.1, -0.05) is 49.4 Å². The zero-order chi connectivity index (χ0) is 16.4. The molecule has 3 rings (SSSR count). The van der Waals surface area contributed by atoms with E-state index in [1.54, 1.807) is 6.08 Å². The SMILES string of the molecule is CCC(=Cc1cccc2cc3ccccc3c(C=N)c12)C(=O)O. The molecule has 0 aromatic heterocycles. The van der Waals surface area contributed by atoms with Crippen molar-refractivity contribution in [2.45, 2.75) is 13.3 Å². The number of aliphatic carboxylic acids is 1. The number of hydrogen-bond acceptors (Lipinski definition) is 2. The lowest BCUT2D eigenvalue weighted by Crippen LogP contribution is -1.99. The summed E-state index contributed by atoms with van der Waals surface area (Å²) in [4.78, 5) is 11.3. The van der Waals surface area contributed by atoms with Crippen molar-refractivity contribution in [2.24, 2.45) is 0 Å². The van der Waals surface area contributed by atoms with Gasteiger partial charge in [-0.15, -0.1) is 0 Å². The van der Waals surface area contributed by atoms with Crippen molar-refractivity contribution in [3.63, 3.8) is 0 Å². The van der Waals surface area contributed by atoms with Gasteiger partial charge in [-0.2, -0.15) is 0 Å². The molecule has 3 nitrogen and oxygen atoms in total. The van der Waals surface area contributed by atoms with Crippen LogP contribution in [0.4, 0.5) is 0 Å². The molecule has 3 aromatic rings. The van der Waals surface area contributed by atoms with Crippen LogP contribution in [-0.4, -0.2) is 17.3 Å². The first-order valence-corrected chi connectivity index (χ1v) is 7.54. The molecule has 23 heavy (non-hydrogen) atoms. The Hall–Kier alpha value is -2.94. The number of benzene rings is 3. The largest absolute Gasteiger partial charge is 0.478 e. The molecule has 3 aromatic carbocycles. The molecule has 0 spiro atoms. The predicted octanol–water partition coefficient (Wildman–Crippen LogP) is 4.87. The second-order valence-electron chi connectivity index (χ2n) is 5.43. The molecule has 0 aliphatic carbocycles. The van der Waals surface area contributed by atoms with Crippen LogP contribution < -0.4 is 0 Å². The number of hydrogen-bond donors (Lipinski definition) is 2. The van der Waals surface area contributed by atoms with Crippen LogP contribution in [0.25, 0.3) is 27.6 Å². The van der Waals surface area contributed by atoms with Gasteiger partial charge in [-0.25, -0.2) is 4.79 Å². The van der Waals surface area contributed by atoms with Crippen LogP contribution in [0.2, 0.25) is 0 Å². The first-order chi connectivity index (χ1) is 11.2. The van der Waals surface area contributed by atoms with E-state index in [2.05, 4.69) is 6.07 Å². The van der Waals surface area contributed by atoms with Gasteiger partial charge >= 0.3 is 5.97 Å². The molecule has 2 N–H and O–H groups in total. The molecule has 0 fully saturated rings. The summed E-state index contributed by atoms with van der Waals surface area (Å²) in [6.07, 6.45) is 3.53. The fraction of sp³-hybridized carbons (Fsp3) is 0.100. The van der Waals surface area contributed by atoms with Crippen LogP contribution in [0.5, 0.6) is 0 Å². The quantitative estimate of drug-likeness (QED) is 0.410. The summed E-state index contributed by atoms with van der Waals surface area (Å²) in [5, 5.41) is 21.2. The van der Waals surface area contributed by atoms with E-state index in [9.17, 15) is 9.90 Å². The van der Waals surface area contributed by atoms with Crippen LogP contribution in [-0.2, 0) is 4.79 Å². The van der Waals surface area contributed by atoms with Gasteiger partial charge in [0, 0.05) is 17.4 Å². The Bertz CT molecular complexity index is 954. The number of rotatable bonds is 4. The Morgan fingerprint density at radius 2 is 1.87 bits per heavy atom. The van der Waals surface area contributed by atoms with Crippen LogP contribution in [0.1, 0.15) is 24.5 Å². The molecule has 0 aliphatic rings. The van der Waals surface area contributed by atoms with E-state index >= 15 is 0 Å². The monoisotopic (exact) mass is 303 g/mol. The third-order valence-electron chi connectivity index (χ3n) is 4.09. The summed E-state index contributed by atoms with van der Waals surface area (Å²) >= 11 is 0. The molecule has 114 valence electrons. The van der Waals surface area contributed by atoms with Crippen LogP contribution in [0, 0.1) is 5.41 Å². The highest BCUT2D eigenvalue weighted by atomic mass is 16.4. The fourth-order valence-electron chi connectivity index (χ4n) is 2.96. The second kappa shape index (κ2) is 6.05. The molecular formula is C20H17NO2. The van der Waals surface area contributed by atoms with Crippen LogP contribution in [0.3, 0.4) is 0 Å². The maximum Gasteiger partial charge on any atom is 0.331 e. The minimum atomic E-state index is -0.901. The van der Waals surface area contributed by atoms with Gasteiger partial charge in [0.1, 0.15) is 0 Å². The molecule has 0 heterocycles. The molecule has 0 bridgehead atoms. The van der Waals surface area contributed by atoms with Crippen molar-refractivity contribution >= 4 is 39.8 Å². The van der Waals surface area contributed by atoms with Gasteiger partial charge in [0.2, 0.25) is 0 Å². The molecule has 0 atom stereocenters. The average molecular weight is 303 g/mol. The smallest absolute Gasteiger partial charge is 0.331 e. The summed E-state index contributed by atoms with van der Waals surface area (Å²) in [5.41, 5.74) is 2.03. The Labute approximate surface area is 134 Å². The minimum Gasteiger partial charge on any atom is -0.478 e. The van der Waals surface area contributed by atoms with E-state index in [1.165, 1.54) is 6.21 Å². The van der Waals surface area contributed by atoms with Crippen molar-refractivity contribution in [1.82, 2.24) is 0 Å².